The zero-order valence-electron chi connectivity index (χ0n) is 14.8. The van der Waals surface area contributed by atoms with Crippen molar-refractivity contribution in [3.05, 3.63) is 82.9 Å². The first kappa shape index (κ1) is 17.3. The lowest BCUT2D eigenvalue weighted by molar-refractivity contribution is 0.0669. The Morgan fingerprint density at radius 1 is 1.07 bits per heavy atom. The summed E-state index contributed by atoms with van der Waals surface area (Å²) < 4.78 is 30.0. The van der Waals surface area contributed by atoms with E-state index < -0.39 is 23.1 Å². The third kappa shape index (κ3) is 3.20. The quantitative estimate of drug-likeness (QED) is 0.712. The van der Waals surface area contributed by atoms with E-state index in [-0.39, 0.29) is 12.6 Å². The largest absolute Gasteiger partial charge is 0.329 e. The second-order valence-electron chi connectivity index (χ2n) is 6.70. The molecule has 0 bridgehead atoms. The van der Waals surface area contributed by atoms with E-state index >= 15 is 0 Å². The van der Waals surface area contributed by atoms with Crippen molar-refractivity contribution in [1.29, 1.82) is 0 Å². The summed E-state index contributed by atoms with van der Waals surface area (Å²) in [5.74, 6) is -0.956. The number of halogens is 2. The van der Waals surface area contributed by atoms with Crippen LogP contribution in [0.5, 0.6) is 0 Å². The summed E-state index contributed by atoms with van der Waals surface area (Å²) in [4.78, 5) is 14.1. The van der Waals surface area contributed by atoms with Crippen LogP contribution in [0.25, 0.3) is 0 Å². The van der Waals surface area contributed by atoms with Crippen molar-refractivity contribution in [2.45, 2.75) is 25.9 Å². The number of carbonyl (C=O) groups excluding carboxylic acids is 1. The Morgan fingerprint density at radius 2 is 1.78 bits per heavy atom. The van der Waals surface area contributed by atoms with Crippen molar-refractivity contribution in [1.82, 2.24) is 19.7 Å². The molecule has 7 heteroatoms. The van der Waals surface area contributed by atoms with Gasteiger partial charge in [0.1, 0.15) is 23.0 Å². The van der Waals surface area contributed by atoms with E-state index in [0.29, 0.717) is 18.8 Å². The van der Waals surface area contributed by atoms with Crippen LogP contribution in [0.1, 0.15) is 40.5 Å². The Labute approximate surface area is 155 Å². The number of carbonyl (C=O) groups is 1. The summed E-state index contributed by atoms with van der Waals surface area (Å²) in [6.07, 6.45) is 0.633. The van der Waals surface area contributed by atoms with Gasteiger partial charge in [-0.2, -0.15) is 0 Å². The average Bonchev–Trinajstić information content (AvgIpc) is 3.05. The van der Waals surface area contributed by atoms with Gasteiger partial charge in [-0.15, -0.1) is 10.2 Å². The van der Waals surface area contributed by atoms with Crippen LogP contribution in [0.2, 0.25) is 0 Å². The lowest BCUT2D eigenvalue weighted by Crippen LogP contribution is -2.41. The maximum atomic E-state index is 14.0. The molecule has 4 rings (SSSR count). The molecule has 1 aliphatic heterocycles. The van der Waals surface area contributed by atoms with E-state index in [9.17, 15) is 13.6 Å². The van der Waals surface area contributed by atoms with Gasteiger partial charge in [-0.25, -0.2) is 8.78 Å². The van der Waals surface area contributed by atoms with Gasteiger partial charge in [-0.05, 0) is 24.6 Å². The number of aromatic nitrogens is 3. The first-order valence-electron chi connectivity index (χ1n) is 8.74. The molecule has 27 heavy (non-hydrogen) atoms. The van der Waals surface area contributed by atoms with Crippen molar-refractivity contribution >= 4 is 5.91 Å². The zero-order chi connectivity index (χ0) is 19.0. The number of rotatable bonds is 3. The molecule has 1 amide bonds. The van der Waals surface area contributed by atoms with Crippen LogP contribution in [0.4, 0.5) is 8.78 Å². The maximum absolute atomic E-state index is 14.0. The molecule has 0 saturated carbocycles. The number of amides is 1. The monoisotopic (exact) mass is 368 g/mol. The van der Waals surface area contributed by atoms with Gasteiger partial charge in [0.25, 0.3) is 5.91 Å². The van der Waals surface area contributed by atoms with E-state index in [4.69, 9.17) is 0 Å². The minimum atomic E-state index is -0.857. The van der Waals surface area contributed by atoms with Crippen molar-refractivity contribution in [3.8, 4) is 0 Å². The minimum absolute atomic E-state index is 0.0961. The summed E-state index contributed by atoms with van der Waals surface area (Å²) in [6, 6.07) is 13.3. The van der Waals surface area contributed by atoms with Crippen LogP contribution < -0.4 is 0 Å². The van der Waals surface area contributed by atoms with E-state index in [1.165, 1.54) is 11.0 Å². The molecule has 0 aliphatic carbocycles. The molecule has 0 unspecified atom stereocenters. The number of hydrogen-bond acceptors (Lipinski definition) is 3. The normalized spacial score (nSPS) is 16.3. The fourth-order valence-electron chi connectivity index (χ4n) is 3.53. The second kappa shape index (κ2) is 6.90. The van der Waals surface area contributed by atoms with Crippen molar-refractivity contribution in [2.24, 2.45) is 0 Å². The molecule has 1 aromatic heterocycles. The fourth-order valence-corrected chi connectivity index (χ4v) is 3.53. The van der Waals surface area contributed by atoms with Gasteiger partial charge >= 0.3 is 0 Å². The first-order valence-corrected chi connectivity index (χ1v) is 8.74. The molecule has 0 saturated heterocycles. The zero-order valence-corrected chi connectivity index (χ0v) is 14.8. The van der Waals surface area contributed by atoms with Gasteiger partial charge in [0, 0.05) is 13.0 Å². The standard InChI is InChI=1S/C20H18F2N4O/c1-13-11-25(20(27)19-15(21)8-5-9-16(19)22)12-18-24-23-17(26(13)18)10-14-6-3-2-4-7-14/h2-9,13H,10-12H2,1H3/t13-/m0/s1. The topological polar surface area (TPSA) is 51.0 Å². The van der Waals surface area contributed by atoms with E-state index in [0.717, 1.165) is 23.5 Å². The number of nitrogens with zero attached hydrogens (tertiary/aromatic N) is 4. The fraction of sp³-hybridized carbons (Fsp3) is 0.250. The molecular weight excluding hydrogens is 350 g/mol. The Bertz CT molecular complexity index is 967. The van der Waals surface area contributed by atoms with Crippen LogP contribution >= 0.6 is 0 Å². The number of fused-ring (bicyclic) bond motifs is 1. The molecule has 0 spiro atoms. The molecule has 0 radical (unpaired) electrons. The van der Waals surface area contributed by atoms with Crippen LogP contribution in [0.15, 0.2) is 48.5 Å². The van der Waals surface area contributed by atoms with Crippen molar-refractivity contribution < 1.29 is 13.6 Å². The summed E-state index contributed by atoms with van der Waals surface area (Å²) in [7, 11) is 0. The highest BCUT2D eigenvalue weighted by atomic mass is 19.1. The summed E-state index contributed by atoms with van der Waals surface area (Å²) in [5, 5.41) is 8.48. The first-order chi connectivity index (χ1) is 13.0. The predicted octanol–water partition coefficient (Wildman–Crippen LogP) is 3.36. The highest BCUT2D eigenvalue weighted by molar-refractivity contribution is 5.94. The lowest BCUT2D eigenvalue weighted by Gasteiger charge is -2.32. The second-order valence-corrected chi connectivity index (χ2v) is 6.70. The smallest absolute Gasteiger partial charge is 0.260 e. The van der Waals surface area contributed by atoms with Gasteiger partial charge in [0.15, 0.2) is 5.82 Å². The van der Waals surface area contributed by atoms with Gasteiger partial charge in [-0.3, -0.25) is 4.79 Å². The maximum Gasteiger partial charge on any atom is 0.260 e. The molecular formula is C20H18F2N4O. The molecule has 1 atom stereocenters. The third-order valence-electron chi connectivity index (χ3n) is 4.76. The highest BCUT2D eigenvalue weighted by Gasteiger charge is 2.31. The Hall–Kier alpha value is -3.09. The number of benzene rings is 2. The third-order valence-corrected chi connectivity index (χ3v) is 4.76. The van der Waals surface area contributed by atoms with Crippen LogP contribution in [-0.4, -0.2) is 32.1 Å². The Kier molecular flexibility index (Phi) is 4.43. The van der Waals surface area contributed by atoms with E-state index in [2.05, 4.69) is 10.2 Å². The summed E-state index contributed by atoms with van der Waals surface area (Å²) in [5.41, 5.74) is 0.592. The molecule has 5 nitrogen and oxygen atoms in total. The molecule has 0 fully saturated rings. The van der Waals surface area contributed by atoms with Crippen molar-refractivity contribution in [3.63, 3.8) is 0 Å². The van der Waals surface area contributed by atoms with Gasteiger partial charge in [0.05, 0.1) is 12.6 Å². The van der Waals surface area contributed by atoms with Crippen LogP contribution in [0, 0.1) is 11.6 Å². The average molecular weight is 368 g/mol. The summed E-state index contributed by atoms with van der Waals surface area (Å²) in [6.45, 7) is 2.44. The van der Waals surface area contributed by atoms with Crippen LogP contribution in [-0.2, 0) is 13.0 Å². The predicted molar refractivity (Wildman–Crippen MR) is 95.1 cm³/mol. The van der Waals surface area contributed by atoms with Gasteiger partial charge in [-0.1, -0.05) is 36.4 Å². The van der Waals surface area contributed by atoms with Crippen molar-refractivity contribution in [2.75, 3.05) is 6.54 Å². The van der Waals surface area contributed by atoms with Gasteiger partial charge in [0.2, 0.25) is 0 Å². The van der Waals surface area contributed by atoms with Crippen LogP contribution in [0.3, 0.4) is 0 Å². The minimum Gasteiger partial charge on any atom is -0.329 e. The van der Waals surface area contributed by atoms with Gasteiger partial charge < -0.3 is 9.47 Å². The molecule has 0 N–H and O–H groups in total. The van der Waals surface area contributed by atoms with E-state index in [1.54, 1.807) is 0 Å². The summed E-state index contributed by atoms with van der Waals surface area (Å²) >= 11 is 0. The molecule has 1 aliphatic rings. The number of hydrogen-bond donors (Lipinski definition) is 0. The molecule has 3 aromatic rings. The Morgan fingerprint density at radius 3 is 2.48 bits per heavy atom. The highest BCUT2D eigenvalue weighted by Crippen LogP contribution is 2.25. The molecule has 2 aromatic carbocycles. The van der Waals surface area contributed by atoms with E-state index in [1.807, 2.05) is 41.8 Å². The SMILES string of the molecule is C[C@H]1CN(C(=O)c2c(F)cccc2F)Cc2nnc(Cc3ccccc3)n21. The Balaban J connectivity index is 1.60. The molecule has 2 heterocycles. The molecule has 138 valence electrons. The lowest BCUT2D eigenvalue weighted by atomic mass is 10.1.